The number of carbonyl (C=O) groups excluding carboxylic acids is 1. The molecule has 2 aliphatic rings. The lowest BCUT2D eigenvalue weighted by Gasteiger charge is -2.23. The molecule has 3 rings (SSSR count). The number of aliphatic carboxylic acids is 1. The zero-order valence-corrected chi connectivity index (χ0v) is 12.2. The number of hydrogen-bond donors (Lipinski definition) is 2. The minimum atomic E-state index is -0.778. The molecule has 1 aromatic rings. The number of nitrogens with one attached hydrogen (secondary N) is 1. The van der Waals surface area contributed by atoms with Crippen molar-refractivity contribution in [2.24, 2.45) is 11.3 Å². The second kappa shape index (κ2) is 5.38. The predicted octanol–water partition coefficient (Wildman–Crippen LogP) is 2.39. The molecule has 2 atom stereocenters. The highest BCUT2D eigenvalue weighted by Crippen LogP contribution is 2.48. The van der Waals surface area contributed by atoms with Gasteiger partial charge in [-0.25, -0.2) is 4.79 Å². The van der Waals surface area contributed by atoms with Crippen molar-refractivity contribution in [1.82, 2.24) is 4.90 Å². The number of anilines is 1. The fourth-order valence-electron chi connectivity index (χ4n) is 3.68. The minimum Gasteiger partial charge on any atom is -0.481 e. The van der Waals surface area contributed by atoms with E-state index in [1.165, 1.54) is 0 Å². The number of nitrogens with zero attached hydrogens (tertiary/aromatic N) is 1. The van der Waals surface area contributed by atoms with Crippen molar-refractivity contribution in [3.63, 3.8) is 0 Å². The van der Waals surface area contributed by atoms with Gasteiger partial charge in [0.2, 0.25) is 0 Å². The van der Waals surface area contributed by atoms with Gasteiger partial charge in [-0.2, -0.15) is 0 Å². The molecular weight excluding hydrogens is 280 g/mol. The third-order valence-electron chi connectivity index (χ3n) is 4.86. The van der Waals surface area contributed by atoms with Crippen LogP contribution < -0.4 is 5.32 Å². The normalized spacial score (nSPS) is 26.3. The van der Waals surface area contributed by atoms with Crippen LogP contribution in [0, 0.1) is 23.7 Å². The molecule has 1 heterocycles. The highest BCUT2D eigenvalue weighted by Gasteiger charge is 2.55. The Balaban J connectivity index is 1.72. The molecule has 1 aliphatic carbocycles. The number of benzene rings is 1. The Morgan fingerprint density at radius 2 is 2.27 bits per heavy atom. The van der Waals surface area contributed by atoms with E-state index in [1.807, 2.05) is 0 Å². The van der Waals surface area contributed by atoms with Gasteiger partial charge in [-0.3, -0.25) is 4.79 Å². The zero-order chi connectivity index (χ0) is 15.7. The van der Waals surface area contributed by atoms with Gasteiger partial charge in [0.15, 0.2) is 0 Å². The summed E-state index contributed by atoms with van der Waals surface area (Å²) in [4.78, 5) is 25.6. The van der Waals surface area contributed by atoms with Crippen LogP contribution in [0.25, 0.3) is 0 Å². The second-order valence-electron chi connectivity index (χ2n) is 6.09. The summed E-state index contributed by atoms with van der Waals surface area (Å²) in [6.07, 6.45) is 7.81. The smallest absolute Gasteiger partial charge is 0.321 e. The van der Waals surface area contributed by atoms with Crippen LogP contribution >= 0.6 is 0 Å². The van der Waals surface area contributed by atoms with Crippen molar-refractivity contribution >= 4 is 17.7 Å². The Morgan fingerprint density at radius 3 is 2.95 bits per heavy atom. The summed E-state index contributed by atoms with van der Waals surface area (Å²) in [7, 11) is 0. The van der Waals surface area contributed by atoms with Crippen molar-refractivity contribution in [3.8, 4) is 12.3 Å². The van der Waals surface area contributed by atoms with Gasteiger partial charge in [0.25, 0.3) is 0 Å². The molecule has 1 aliphatic heterocycles. The largest absolute Gasteiger partial charge is 0.481 e. The summed E-state index contributed by atoms with van der Waals surface area (Å²) in [6.45, 7) is 0.792. The molecule has 5 heteroatoms. The highest BCUT2D eigenvalue weighted by molar-refractivity contribution is 5.90. The van der Waals surface area contributed by atoms with Crippen molar-refractivity contribution in [2.45, 2.75) is 19.3 Å². The molecule has 2 amide bonds. The van der Waals surface area contributed by atoms with E-state index in [4.69, 9.17) is 6.42 Å². The minimum absolute atomic E-state index is 0.0628. The monoisotopic (exact) mass is 298 g/mol. The number of likely N-dealkylation sites (tertiary alicyclic amines) is 1. The molecule has 2 fully saturated rings. The van der Waals surface area contributed by atoms with Crippen molar-refractivity contribution in [1.29, 1.82) is 0 Å². The van der Waals surface area contributed by atoms with Crippen LogP contribution in [-0.2, 0) is 4.79 Å². The van der Waals surface area contributed by atoms with Crippen LogP contribution in [0.2, 0.25) is 0 Å². The van der Waals surface area contributed by atoms with Crippen LogP contribution in [0.3, 0.4) is 0 Å². The van der Waals surface area contributed by atoms with Crippen LogP contribution in [0.5, 0.6) is 0 Å². The number of fused-ring (bicyclic) bond motifs is 1. The van der Waals surface area contributed by atoms with Crippen molar-refractivity contribution in [2.75, 3.05) is 18.4 Å². The Morgan fingerprint density at radius 1 is 1.45 bits per heavy atom. The van der Waals surface area contributed by atoms with Gasteiger partial charge in [-0.15, -0.1) is 6.42 Å². The quantitative estimate of drug-likeness (QED) is 0.824. The van der Waals surface area contributed by atoms with E-state index >= 15 is 0 Å². The summed E-state index contributed by atoms with van der Waals surface area (Å²) >= 11 is 0. The first kappa shape index (κ1) is 14.5. The number of amides is 2. The van der Waals surface area contributed by atoms with E-state index < -0.39 is 11.4 Å². The van der Waals surface area contributed by atoms with Crippen LogP contribution in [0.1, 0.15) is 24.8 Å². The van der Waals surface area contributed by atoms with Gasteiger partial charge in [0, 0.05) is 24.3 Å². The molecule has 114 valence electrons. The van der Waals surface area contributed by atoms with Gasteiger partial charge < -0.3 is 15.3 Å². The molecule has 1 saturated heterocycles. The van der Waals surface area contributed by atoms with E-state index in [0.717, 1.165) is 12.8 Å². The van der Waals surface area contributed by atoms with Gasteiger partial charge in [-0.1, -0.05) is 18.4 Å². The van der Waals surface area contributed by atoms with E-state index in [1.54, 1.807) is 29.2 Å². The summed E-state index contributed by atoms with van der Waals surface area (Å²) < 4.78 is 0. The number of carbonyl (C=O) groups is 2. The topological polar surface area (TPSA) is 69.6 Å². The maximum atomic E-state index is 12.4. The van der Waals surface area contributed by atoms with Gasteiger partial charge in [0.05, 0.1) is 5.41 Å². The molecule has 22 heavy (non-hydrogen) atoms. The van der Waals surface area contributed by atoms with Gasteiger partial charge >= 0.3 is 12.0 Å². The van der Waals surface area contributed by atoms with Crippen LogP contribution in [0.15, 0.2) is 24.3 Å². The summed E-state index contributed by atoms with van der Waals surface area (Å²) in [6, 6.07) is 6.80. The van der Waals surface area contributed by atoms with E-state index in [0.29, 0.717) is 24.2 Å². The Hall–Kier alpha value is -2.48. The Labute approximate surface area is 129 Å². The summed E-state index contributed by atoms with van der Waals surface area (Å²) in [5, 5.41) is 12.4. The number of carboxylic acid groups (broad SMARTS) is 1. The maximum absolute atomic E-state index is 12.4. The molecule has 0 bridgehead atoms. The number of hydrogen-bond acceptors (Lipinski definition) is 2. The first-order valence-corrected chi connectivity index (χ1v) is 7.41. The Kier molecular flexibility index (Phi) is 3.53. The van der Waals surface area contributed by atoms with E-state index in [2.05, 4.69) is 11.2 Å². The van der Waals surface area contributed by atoms with E-state index in [9.17, 15) is 14.7 Å². The molecule has 1 aromatic carbocycles. The molecule has 5 nitrogen and oxygen atoms in total. The average molecular weight is 298 g/mol. The lowest BCUT2D eigenvalue weighted by molar-refractivity contribution is -0.149. The number of carboxylic acids is 1. The first-order chi connectivity index (χ1) is 10.5. The van der Waals surface area contributed by atoms with E-state index in [-0.39, 0.29) is 18.5 Å². The zero-order valence-electron chi connectivity index (χ0n) is 12.2. The number of terminal acetylenes is 1. The number of urea groups is 1. The summed E-state index contributed by atoms with van der Waals surface area (Å²) in [5.41, 5.74) is 0.567. The van der Waals surface area contributed by atoms with Crippen LogP contribution in [0.4, 0.5) is 10.5 Å². The molecule has 0 aromatic heterocycles. The fraction of sp³-hybridized carbons (Fsp3) is 0.412. The second-order valence-corrected chi connectivity index (χ2v) is 6.09. The fourth-order valence-corrected chi connectivity index (χ4v) is 3.68. The molecule has 1 saturated carbocycles. The Bertz CT molecular complexity index is 664. The SMILES string of the molecule is C#Cc1cccc(NC(=O)N2C[C@@H]3CCC[C@@]3(C(=O)O)C2)c1. The van der Waals surface area contributed by atoms with Crippen molar-refractivity contribution < 1.29 is 14.7 Å². The third kappa shape index (κ3) is 2.31. The molecule has 0 unspecified atom stereocenters. The maximum Gasteiger partial charge on any atom is 0.321 e. The third-order valence-corrected chi connectivity index (χ3v) is 4.86. The lowest BCUT2D eigenvalue weighted by Crippen LogP contribution is -2.38. The molecule has 0 radical (unpaired) electrons. The van der Waals surface area contributed by atoms with Crippen LogP contribution in [-0.4, -0.2) is 35.1 Å². The molecule has 2 N–H and O–H groups in total. The molecule has 0 spiro atoms. The highest BCUT2D eigenvalue weighted by atomic mass is 16.4. The first-order valence-electron chi connectivity index (χ1n) is 7.41. The average Bonchev–Trinajstić information content (AvgIpc) is 3.05. The lowest BCUT2D eigenvalue weighted by atomic mass is 9.81. The number of rotatable bonds is 2. The van der Waals surface area contributed by atoms with Gasteiger partial charge in [0.1, 0.15) is 0 Å². The van der Waals surface area contributed by atoms with Gasteiger partial charge in [-0.05, 0) is 37.0 Å². The predicted molar refractivity (Wildman–Crippen MR) is 82.4 cm³/mol. The molecular formula is C17H18N2O3. The van der Waals surface area contributed by atoms with Crippen molar-refractivity contribution in [3.05, 3.63) is 29.8 Å². The summed E-state index contributed by atoms with van der Waals surface area (Å²) in [5.74, 6) is 1.81. The standard InChI is InChI=1S/C17H18N2O3/c1-2-12-5-3-7-14(9-12)18-16(22)19-10-13-6-4-8-17(13,11-19)15(20)21/h1,3,5,7,9,13H,4,6,8,10-11H2,(H,18,22)(H,20,21)/t13-,17+/m0/s1.